The van der Waals surface area contributed by atoms with Gasteiger partial charge in [-0.2, -0.15) is 0 Å². The van der Waals surface area contributed by atoms with E-state index < -0.39 is 0 Å². The van der Waals surface area contributed by atoms with E-state index in [0.29, 0.717) is 0 Å². The Morgan fingerprint density at radius 3 is 2.05 bits per heavy atom. The number of amides is 2. The molecule has 1 aromatic carbocycles. The van der Waals surface area contributed by atoms with Crippen LogP contribution in [-0.2, 0) is 9.59 Å². The molecule has 5 heteroatoms. The third kappa shape index (κ3) is 1.78. The van der Waals surface area contributed by atoms with Crippen LogP contribution in [0.2, 0.25) is 0 Å². The summed E-state index contributed by atoms with van der Waals surface area (Å²) in [6.07, 6.45) is 0.972. The van der Waals surface area contributed by atoms with E-state index >= 15 is 0 Å². The number of halogens is 2. The van der Waals surface area contributed by atoms with Crippen LogP contribution in [0.5, 0.6) is 0 Å². The second-order valence-electron chi connectivity index (χ2n) is 6.81. The highest BCUT2D eigenvalue weighted by atomic mass is 79.9. The minimum absolute atomic E-state index is 0.00157. The van der Waals surface area contributed by atoms with E-state index in [1.165, 1.54) is 4.90 Å². The lowest BCUT2D eigenvalue weighted by atomic mass is 9.81. The Balaban J connectivity index is 1.76. The molecule has 2 saturated carbocycles. The van der Waals surface area contributed by atoms with Gasteiger partial charge < -0.3 is 0 Å². The van der Waals surface area contributed by atoms with Gasteiger partial charge in [-0.3, -0.25) is 9.59 Å². The molecule has 0 spiro atoms. The van der Waals surface area contributed by atoms with Crippen LogP contribution in [0.4, 0.5) is 5.69 Å². The zero-order valence-electron chi connectivity index (χ0n) is 12.4. The minimum atomic E-state index is -0.142. The first-order valence-corrected chi connectivity index (χ1v) is 9.48. The Morgan fingerprint density at radius 1 is 1.00 bits per heavy atom. The molecule has 2 aliphatic carbocycles. The van der Waals surface area contributed by atoms with Crippen LogP contribution in [0.25, 0.3) is 0 Å². The first-order valence-electron chi connectivity index (χ1n) is 7.65. The van der Waals surface area contributed by atoms with Gasteiger partial charge in [0.15, 0.2) is 0 Å². The second-order valence-corrected chi connectivity index (χ2v) is 8.92. The van der Waals surface area contributed by atoms with Crippen molar-refractivity contribution in [3.05, 3.63) is 29.3 Å². The molecule has 2 amide bonds. The third-order valence-corrected chi connectivity index (χ3v) is 8.79. The number of alkyl halides is 2. The molecule has 1 aliphatic heterocycles. The smallest absolute Gasteiger partial charge is 0.238 e. The minimum Gasteiger partial charge on any atom is -0.274 e. The molecule has 22 heavy (non-hydrogen) atoms. The predicted molar refractivity (Wildman–Crippen MR) is 92.4 cm³/mol. The van der Waals surface area contributed by atoms with Gasteiger partial charge in [-0.1, -0.05) is 49.6 Å². The Hall–Kier alpha value is -0.680. The molecule has 0 aromatic heterocycles. The van der Waals surface area contributed by atoms with Crippen LogP contribution in [-0.4, -0.2) is 21.5 Å². The second kappa shape index (κ2) is 4.91. The largest absolute Gasteiger partial charge is 0.274 e. The van der Waals surface area contributed by atoms with Crippen molar-refractivity contribution in [1.82, 2.24) is 0 Å². The number of fused-ring (bicyclic) bond motifs is 5. The highest BCUT2D eigenvalue weighted by molar-refractivity contribution is 9.12. The Bertz CT molecular complexity index is 657. The summed E-state index contributed by atoms with van der Waals surface area (Å²) < 4.78 is 0. The first kappa shape index (κ1) is 14.9. The lowest BCUT2D eigenvalue weighted by Crippen LogP contribution is -2.37. The van der Waals surface area contributed by atoms with E-state index in [1.54, 1.807) is 0 Å². The van der Waals surface area contributed by atoms with Gasteiger partial charge >= 0.3 is 0 Å². The van der Waals surface area contributed by atoms with E-state index in [1.807, 2.05) is 32.0 Å². The maximum atomic E-state index is 12.9. The Morgan fingerprint density at radius 2 is 1.55 bits per heavy atom. The maximum absolute atomic E-state index is 12.9. The summed E-state index contributed by atoms with van der Waals surface area (Å²) in [4.78, 5) is 27.9. The fourth-order valence-corrected chi connectivity index (χ4v) is 6.52. The van der Waals surface area contributed by atoms with Crippen molar-refractivity contribution in [3.63, 3.8) is 0 Å². The lowest BCUT2D eigenvalue weighted by molar-refractivity contribution is -0.123. The highest BCUT2D eigenvalue weighted by Crippen LogP contribution is 2.60. The van der Waals surface area contributed by atoms with E-state index in [0.717, 1.165) is 23.2 Å². The normalized spacial score (nSPS) is 39.7. The molecule has 0 unspecified atom stereocenters. The number of carbonyl (C=O) groups excluding carboxylic acids is 2. The number of anilines is 1. The summed E-state index contributed by atoms with van der Waals surface area (Å²) in [6, 6.07) is 5.89. The van der Waals surface area contributed by atoms with Gasteiger partial charge in [0.05, 0.1) is 17.5 Å². The standard InChI is InChI=1S/C17H17Br2NO2/c1-7-3-4-11(8(2)5-7)20-16(21)12-9-6-10(13(12)17(20)22)15(19)14(9)18/h3-5,9-10,12-15H,6H2,1-2H3/t9-,10-,12-,13+,14+,15+/m1/s1. The van der Waals surface area contributed by atoms with Gasteiger partial charge in [0.2, 0.25) is 11.8 Å². The van der Waals surface area contributed by atoms with Crippen LogP contribution >= 0.6 is 31.9 Å². The van der Waals surface area contributed by atoms with Crippen molar-refractivity contribution < 1.29 is 9.59 Å². The molecular formula is C17H17Br2NO2. The van der Waals surface area contributed by atoms with Gasteiger partial charge in [0.25, 0.3) is 0 Å². The molecule has 116 valence electrons. The summed E-state index contributed by atoms with van der Waals surface area (Å²) in [7, 11) is 0. The number of hydrogen-bond acceptors (Lipinski definition) is 2. The van der Waals surface area contributed by atoms with Crippen molar-refractivity contribution in [1.29, 1.82) is 0 Å². The predicted octanol–water partition coefficient (Wildman–Crippen LogP) is 3.59. The quantitative estimate of drug-likeness (QED) is 0.508. The molecule has 1 saturated heterocycles. The summed E-state index contributed by atoms with van der Waals surface area (Å²) in [5.74, 6) is 0.252. The number of nitrogens with zero attached hydrogens (tertiary/aromatic N) is 1. The highest BCUT2D eigenvalue weighted by Gasteiger charge is 2.66. The molecule has 0 radical (unpaired) electrons. The SMILES string of the molecule is Cc1ccc(N2C(=O)[C@@H]3[C@H]4C[C@@H]([C@H](Br)[C@H]4Br)[C@@H]3C2=O)c(C)c1. The number of aryl methyl sites for hydroxylation is 2. The van der Waals surface area contributed by atoms with Crippen molar-refractivity contribution in [3.8, 4) is 0 Å². The molecule has 3 fully saturated rings. The van der Waals surface area contributed by atoms with Gasteiger partial charge in [-0.05, 0) is 43.7 Å². The molecule has 1 aromatic rings. The Labute approximate surface area is 146 Å². The molecule has 1 heterocycles. The van der Waals surface area contributed by atoms with Crippen LogP contribution < -0.4 is 4.90 Å². The molecule has 3 aliphatic rings. The monoisotopic (exact) mass is 425 g/mol. The summed E-state index contributed by atoms with van der Waals surface area (Å²) >= 11 is 7.43. The summed E-state index contributed by atoms with van der Waals surface area (Å²) in [6.45, 7) is 3.98. The average Bonchev–Trinajstić information content (AvgIpc) is 3.06. The van der Waals surface area contributed by atoms with E-state index in [-0.39, 0.29) is 45.1 Å². The number of benzene rings is 1. The lowest BCUT2D eigenvalue weighted by Gasteiger charge is -2.28. The van der Waals surface area contributed by atoms with Crippen LogP contribution in [0.3, 0.4) is 0 Å². The van der Waals surface area contributed by atoms with E-state index in [2.05, 4.69) is 31.9 Å². The average molecular weight is 427 g/mol. The molecule has 2 bridgehead atoms. The van der Waals surface area contributed by atoms with Gasteiger partial charge in [0, 0.05) is 9.65 Å². The van der Waals surface area contributed by atoms with Crippen molar-refractivity contribution in [2.45, 2.75) is 29.9 Å². The zero-order valence-corrected chi connectivity index (χ0v) is 15.6. The molecule has 6 atom stereocenters. The van der Waals surface area contributed by atoms with Crippen LogP contribution in [0.1, 0.15) is 17.5 Å². The van der Waals surface area contributed by atoms with Crippen molar-refractivity contribution in [2.75, 3.05) is 4.90 Å². The van der Waals surface area contributed by atoms with Gasteiger partial charge in [-0.15, -0.1) is 0 Å². The number of hydrogen-bond donors (Lipinski definition) is 0. The Kier molecular flexibility index (Phi) is 3.32. The van der Waals surface area contributed by atoms with Gasteiger partial charge in [-0.25, -0.2) is 4.90 Å². The molecule has 3 nitrogen and oxygen atoms in total. The van der Waals surface area contributed by atoms with Crippen molar-refractivity contribution >= 4 is 49.4 Å². The fraction of sp³-hybridized carbons (Fsp3) is 0.529. The number of rotatable bonds is 1. The number of carbonyl (C=O) groups is 2. The third-order valence-electron chi connectivity index (χ3n) is 5.58. The van der Waals surface area contributed by atoms with E-state index in [9.17, 15) is 9.59 Å². The fourth-order valence-electron chi connectivity index (χ4n) is 4.64. The summed E-state index contributed by atoms with van der Waals surface area (Å²) in [5.41, 5.74) is 2.88. The molecule has 4 rings (SSSR count). The summed E-state index contributed by atoms with van der Waals surface area (Å²) in [5, 5.41) is 0. The van der Waals surface area contributed by atoms with E-state index in [4.69, 9.17) is 0 Å². The molecular weight excluding hydrogens is 410 g/mol. The van der Waals surface area contributed by atoms with Gasteiger partial charge in [0.1, 0.15) is 0 Å². The van der Waals surface area contributed by atoms with Crippen molar-refractivity contribution in [2.24, 2.45) is 23.7 Å². The van der Waals surface area contributed by atoms with Crippen LogP contribution in [0, 0.1) is 37.5 Å². The zero-order chi connectivity index (χ0) is 15.8. The molecule has 0 N–H and O–H groups in total. The first-order chi connectivity index (χ1) is 10.4. The number of imide groups is 1. The topological polar surface area (TPSA) is 37.4 Å². The maximum Gasteiger partial charge on any atom is 0.238 e. The van der Waals surface area contributed by atoms with Crippen LogP contribution in [0.15, 0.2) is 18.2 Å².